The molecule has 1 aromatic carbocycles. The average Bonchev–Trinajstić information content (AvgIpc) is 2.73. The van der Waals surface area contributed by atoms with Crippen LogP contribution >= 0.6 is 0 Å². The molecule has 0 amide bonds. The van der Waals surface area contributed by atoms with E-state index in [0.29, 0.717) is 23.6 Å². The van der Waals surface area contributed by atoms with Gasteiger partial charge in [0.2, 0.25) is 0 Å². The smallest absolute Gasteiger partial charge is 0.251 e. The van der Waals surface area contributed by atoms with Gasteiger partial charge in [-0.15, -0.1) is 0 Å². The van der Waals surface area contributed by atoms with Gasteiger partial charge >= 0.3 is 0 Å². The molecule has 1 fully saturated rings. The normalized spacial score (nSPS) is 15.8. The number of nitrogens with zero attached hydrogens (tertiary/aromatic N) is 3. The molecule has 0 atom stereocenters. The second-order valence-electron chi connectivity index (χ2n) is 7.50. The predicted octanol–water partition coefficient (Wildman–Crippen LogP) is 2.93. The molecule has 2 aromatic heterocycles. The largest absolute Gasteiger partial charge is 0.310 e. The van der Waals surface area contributed by atoms with E-state index in [1.54, 1.807) is 22.8 Å². The Morgan fingerprint density at radius 2 is 1.76 bits per heavy atom. The number of fused-ring (bicyclic) bond motifs is 1. The highest BCUT2D eigenvalue weighted by Gasteiger charge is 2.19. The molecule has 0 saturated carbocycles. The highest BCUT2D eigenvalue weighted by Crippen LogP contribution is 2.14. The summed E-state index contributed by atoms with van der Waals surface area (Å²) >= 11 is 0. The van der Waals surface area contributed by atoms with Crippen LogP contribution in [0.5, 0.6) is 0 Å². The first-order valence-electron chi connectivity index (χ1n) is 9.94. The van der Waals surface area contributed by atoms with Crippen LogP contribution in [-0.4, -0.2) is 40.1 Å². The summed E-state index contributed by atoms with van der Waals surface area (Å²) < 4.78 is 28.2. The molecule has 0 bridgehead atoms. The fourth-order valence-corrected chi connectivity index (χ4v) is 3.84. The third-order valence-electron chi connectivity index (χ3n) is 5.54. The van der Waals surface area contributed by atoms with Crippen LogP contribution in [0.25, 0.3) is 11.0 Å². The van der Waals surface area contributed by atoms with Crippen molar-refractivity contribution in [2.24, 2.45) is 0 Å². The van der Waals surface area contributed by atoms with Crippen molar-refractivity contribution in [2.45, 2.75) is 32.0 Å². The molecule has 0 radical (unpaired) electrons. The van der Waals surface area contributed by atoms with Crippen LogP contribution in [-0.2, 0) is 13.1 Å². The Balaban J connectivity index is 1.30. The number of likely N-dealkylation sites (tertiary alicyclic amines) is 1. The maximum absolute atomic E-state index is 13.6. The molecule has 29 heavy (non-hydrogen) atoms. The summed E-state index contributed by atoms with van der Waals surface area (Å²) in [5.74, 6) is -0.657. The van der Waals surface area contributed by atoms with E-state index in [9.17, 15) is 13.6 Å². The van der Waals surface area contributed by atoms with Crippen molar-refractivity contribution in [2.75, 3.05) is 19.6 Å². The van der Waals surface area contributed by atoms with Crippen LogP contribution in [0.1, 0.15) is 18.4 Å². The van der Waals surface area contributed by atoms with Gasteiger partial charge < -0.3 is 14.8 Å². The Bertz CT molecular complexity index is 1030. The first-order valence-corrected chi connectivity index (χ1v) is 9.94. The number of rotatable bonds is 6. The standard InChI is InChI=1S/C22H24F2N4O/c23-17-3-1-16(2-4-17)14-25-19-7-9-27(10-8-19)11-12-28-21-13-18(24)15-26-20(21)5-6-22(28)29/h1-6,13,15,19,25H,7-12,14H2. The van der Waals surface area contributed by atoms with Gasteiger partial charge in [0.1, 0.15) is 11.6 Å². The van der Waals surface area contributed by atoms with Gasteiger partial charge in [0, 0.05) is 37.8 Å². The van der Waals surface area contributed by atoms with Crippen molar-refractivity contribution >= 4 is 11.0 Å². The average molecular weight is 398 g/mol. The highest BCUT2D eigenvalue weighted by molar-refractivity contribution is 5.74. The van der Waals surface area contributed by atoms with E-state index in [0.717, 1.165) is 44.6 Å². The van der Waals surface area contributed by atoms with E-state index in [-0.39, 0.29) is 11.4 Å². The molecule has 5 nitrogen and oxygen atoms in total. The fraction of sp³-hybridized carbons (Fsp3) is 0.364. The van der Waals surface area contributed by atoms with Gasteiger partial charge in [0.05, 0.1) is 17.2 Å². The van der Waals surface area contributed by atoms with E-state index >= 15 is 0 Å². The molecule has 1 aliphatic rings. The molecule has 0 spiro atoms. The van der Waals surface area contributed by atoms with Crippen molar-refractivity contribution < 1.29 is 8.78 Å². The number of hydrogen-bond donors (Lipinski definition) is 1. The quantitative estimate of drug-likeness (QED) is 0.694. The minimum absolute atomic E-state index is 0.138. The van der Waals surface area contributed by atoms with Gasteiger partial charge in [-0.25, -0.2) is 8.78 Å². The fourth-order valence-electron chi connectivity index (χ4n) is 3.84. The van der Waals surface area contributed by atoms with Gasteiger partial charge in [-0.2, -0.15) is 0 Å². The molecule has 1 aliphatic heterocycles. The van der Waals surface area contributed by atoms with E-state index in [1.807, 2.05) is 0 Å². The molecule has 7 heteroatoms. The van der Waals surface area contributed by atoms with E-state index in [2.05, 4.69) is 15.2 Å². The lowest BCUT2D eigenvalue weighted by Crippen LogP contribution is -2.43. The maximum Gasteiger partial charge on any atom is 0.251 e. The second-order valence-corrected chi connectivity index (χ2v) is 7.50. The van der Waals surface area contributed by atoms with Crippen LogP contribution in [0.2, 0.25) is 0 Å². The van der Waals surface area contributed by atoms with Gasteiger partial charge in [-0.1, -0.05) is 12.1 Å². The lowest BCUT2D eigenvalue weighted by atomic mass is 10.0. The summed E-state index contributed by atoms with van der Waals surface area (Å²) in [5, 5.41) is 3.54. The Labute approximate surface area is 168 Å². The second kappa shape index (κ2) is 8.80. The summed E-state index contributed by atoms with van der Waals surface area (Å²) in [5.41, 5.74) is 2.09. The van der Waals surface area contributed by atoms with Crippen molar-refractivity contribution in [1.29, 1.82) is 0 Å². The van der Waals surface area contributed by atoms with Crippen molar-refractivity contribution in [1.82, 2.24) is 19.8 Å². The number of halogens is 2. The first kappa shape index (κ1) is 19.7. The predicted molar refractivity (Wildman–Crippen MR) is 109 cm³/mol. The molecule has 152 valence electrons. The van der Waals surface area contributed by atoms with Crippen LogP contribution in [0.3, 0.4) is 0 Å². The lowest BCUT2D eigenvalue weighted by molar-refractivity contribution is 0.191. The number of aromatic nitrogens is 2. The molecule has 3 heterocycles. The molecule has 1 N–H and O–H groups in total. The Morgan fingerprint density at radius 3 is 2.52 bits per heavy atom. The summed E-state index contributed by atoms with van der Waals surface area (Å²) in [7, 11) is 0. The van der Waals surface area contributed by atoms with E-state index in [4.69, 9.17) is 0 Å². The molecular formula is C22H24F2N4O. The number of nitrogens with one attached hydrogen (secondary N) is 1. The van der Waals surface area contributed by atoms with Crippen LogP contribution in [0.15, 0.2) is 53.5 Å². The topological polar surface area (TPSA) is 50.2 Å². The highest BCUT2D eigenvalue weighted by atomic mass is 19.1. The van der Waals surface area contributed by atoms with Crippen LogP contribution < -0.4 is 10.9 Å². The third-order valence-corrected chi connectivity index (χ3v) is 5.54. The maximum atomic E-state index is 13.6. The Hall–Kier alpha value is -2.64. The summed E-state index contributed by atoms with van der Waals surface area (Å²) in [4.78, 5) is 18.7. The lowest BCUT2D eigenvalue weighted by Gasteiger charge is -2.32. The summed E-state index contributed by atoms with van der Waals surface area (Å²) in [6, 6.07) is 11.5. The first-order chi connectivity index (χ1) is 14.1. The number of benzene rings is 1. The molecule has 0 aliphatic carbocycles. The van der Waals surface area contributed by atoms with Gasteiger partial charge in [-0.05, 0) is 49.7 Å². The van der Waals surface area contributed by atoms with E-state index < -0.39 is 5.82 Å². The SMILES string of the molecule is O=c1ccc2ncc(F)cc2n1CCN1CCC(NCc2ccc(F)cc2)CC1. The minimum atomic E-state index is -0.440. The Kier molecular flexibility index (Phi) is 5.97. The van der Waals surface area contributed by atoms with Crippen molar-refractivity contribution in [3.05, 3.63) is 76.2 Å². The van der Waals surface area contributed by atoms with E-state index in [1.165, 1.54) is 30.5 Å². The molecular weight excluding hydrogens is 374 g/mol. The van der Waals surface area contributed by atoms with Crippen molar-refractivity contribution in [3.8, 4) is 0 Å². The monoisotopic (exact) mass is 398 g/mol. The molecule has 3 aromatic rings. The summed E-state index contributed by atoms with van der Waals surface area (Å²) in [6.45, 7) is 3.85. The van der Waals surface area contributed by atoms with Crippen LogP contribution in [0.4, 0.5) is 8.78 Å². The zero-order valence-electron chi connectivity index (χ0n) is 16.2. The number of hydrogen-bond acceptors (Lipinski definition) is 4. The minimum Gasteiger partial charge on any atom is -0.310 e. The molecule has 1 saturated heterocycles. The zero-order valence-corrected chi connectivity index (χ0v) is 16.2. The van der Waals surface area contributed by atoms with Crippen molar-refractivity contribution in [3.63, 3.8) is 0 Å². The van der Waals surface area contributed by atoms with Crippen LogP contribution in [0, 0.1) is 11.6 Å². The van der Waals surface area contributed by atoms with Gasteiger partial charge in [0.15, 0.2) is 0 Å². The van der Waals surface area contributed by atoms with Gasteiger partial charge in [0.25, 0.3) is 5.56 Å². The molecule has 0 unspecified atom stereocenters. The Morgan fingerprint density at radius 1 is 1.00 bits per heavy atom. The molecule has 4 rings (SSSR count). The third kappa shape index (κ3) is 4.86. The number of pyridine rings is 2. The van der Waals surface area contributed by atoms with Gasteiger partial charge in [-0.3, -0.25) is 9.78 Å². The summed E-state index contributed by atoms with van der Waals surface area (Å²) in [6.07, 6.45) is 3.20. The number of piperidine rings is 1. The zero-order chi connectivity index (χ0) is 20.2.